The maximum atomic E-state index is 11.3. The van der Waals surface area contributed by atoms with E-state index in [-0.39, 0.29) is 12.0 Å². The van der Waals surface area contributed by atoms with Crippen LogP contribution >= 0.6 is 34.8 Å². The van der Waals surface area contributed by atoms with Crippen LogP contribution in [0.1, 0.15) is 6.42 Å². The fourth-order valence-electron chi connectivity index (χ4n) is 1.51. The average Bonchev–Trinajstić information content (AvgIpc) is 2.68. The maximum Gasteiger partial charge on any atom is 0.328 e. The molecule has 4 nitrogen and oxygen atoms in total. The highest BCUT2D eigenvalue weighted by Crippen LogP contribution is 2.17. The van der Waals surface area contributed by atoms with Gasteiger partial charge in [-0.1, -0.05) is 12.1 Å². The summed E-state index contributed by atoms with van der Waals surface area (Å²) >= 11 is 7.37. The van der Waals surface area contributed by atoms with Crippen molar-refractivity contribution in [1.29, 1.82) is 0 Å². The molecule has 1 unspecified atom stereocenters. The van der Waals surface area contributed by atoms with E-state index >= 15 is 0 Å². The van der Waals surface area contributed by atoms with Gasteiger partial charge in [0.05, 0.1) is 12.3 Å². The van der Waals surface area contributed by atoms with E-state index in [9.17, 15) is 4.79 Å². The summed E-state index contributed by atoms with van der Waals surface area (Å²) in [6, 6.07) is 7.48. The normalized spacial score (nSPS) is 18.6. The summed E-state index contributed by atoms with van der Waals surface area (Å²) in [6.45, 7) is 0.460. The van der Waals surface area contributed by atoms with E-state index in [0.29, 0.717) is 18.1 Å². The molecule has 17 heavy (non-hydrogen) atoms. The van der Waals surface area contributed by atoms with Crippen molar-refractivity contribution < 1.29 is 9.53 Å². The number of anilines is 1. The van der Waals surface area contributed by atoms with Crippen LogP contribution < -0.4 is 10.6 Å². The lowest BCUT2D eigenvalue weighted by Crippen LogP contribution is -2.40. The van der Waals surface area contributed by atoms with E-state index in [4.69, 9.17) is 17.0 Å². The summed E-state index contributed by atoms with van der Waals surface area (Å²) in [4.78, 5) is 11.3. The van der Waals surface area contributed by atoms with Crippen LogP contribution in [0.15, 0.2) is 24.3 Å². The van der Waals surface area contributed by atoms with E-state index in [2.05, 4.69) is 33.2 Å². The van der Waals surface area contributed by atoms with E-state index < -0.39 is 0 Å². The number of cyclic esters (lactones) is 1. The highest BCUT2D eigenvalue weighted by molar-refractivity contribution is 14.1. The Hall–Kier alpha value is -0.890. The molecule has 1 saturated heterocycles. The zero-order chi connectivity index (χ0) is 12.3. The number of thiocarbonyl (C=S) groups is 1. The molecule has 0 amide bonds. The molecular formula is C11H11IN2O2S. The van der Waals surface area contributed by atoms with Gasteiger partial charge in [-0.3, -0.25) is 0 Å². The predicted molar refractivity (Wildman–Crippen MR) is 77.9 cm³/mol. The van der Waals surface area contributed by atoms with Gasteiger partial charge in [0.25, 0.3) is 0 Å². The Kier molecular flexibility index (Phi) is 4.16. The van der Waals surface area contributed by atoms with Gasteiger partial charge >= 0.3 is 5.97 Å². The van der Waals surface area contributed by atoms with Gasteiger partial charge in [-0.25, -0.2) is 4.79 Å². The van der Waals surface area contributed by atoms with E-state index in [0.717, 1.165) is 9.26 Å². The number of esters is 1. The van der Waals surface area contributed by atoms with Crippen molar-refractivity contribution in [3.63, 3.8) is 0 Å². The Morgan fingerprint density at radius 2 is 2.24 bits per heavy atom. The third-order valence-corrected chi connectivity index (χ3v) is 3.52. The van der Waals surface area contributed by atoms with Crippen molar-refractivity contribution in [1.82, 2.24) is 5.32 Å². The SMILES string of the molecule is O=C1OCCC1NC(=S)Nc1ccccc1I. The number of benzene rings is 1. The van der Waals surface area contributed by atoms with Crippen molar-refractivity contribution in [3.05, 3.63) is 27.8 Å². The lowest BCUT2D eigenvalue weighted by atomic mass is 10.2. The second-order valence-corrected chi connectivity index (χ2v) is 5.16. The largest absolute Gasteiger partial charge is 0.464 e. The van der Waals surface area contributed by atoms with E-state index in [1.807, 2.05) is 24.3 Å². The van der Waals surface area contributed by atoms with Crippen LogP contribution in [0.3, 0.4) is 0 Å². The van der Waals surface area contributed by atoms with E-state index in [1.165, 1.54) is 0 Å². The molecule has 1 aromatic rings. The smallest absolute Gasteiger partial charge is 0.328 e. The Morgan fingerprint density at radius 1 is 1.47 bits per heavy atom. The Labute approximate surface area is 118 Å². The first kappa shape index (κ1) is 12.6. The zero-order valence-electron chi connectivity index (χ0n) is 8.90. The molecule has 2 rings (SSSR count). The number of nitrogens with one attached hydrogen (secondary N) is 2. The minimum absolute atomic E-state index is 0.239. The fraction of sp³-hybridized carbons (Fsp3) is 0.273. The Bertz CT molecular complexity index is 453. The lowest BCUT2D eigenvalue weighted by molar-refractivity contribution is -0.139. The monoisotopic (exact) mass is 362 g/mol. The summed E-state index contributed by atoms with van der Waals surface area (Å²) in [6.07, 6.45) is 0.659. The first-order chi connectivity index (χ1) is 8.16. The standard InChI is InChI=1S/C11H11IN2O2S/c12-7-3-1-2-4-8(7)13-11(17)14-9-5-6-16-10(9)15/h1-4,9H,5-6H2,(H2,13,14,17). The molecule has 1 aliphatic rings. The van der Waals surface area contributed by atoms with Crippen LogP contribution in [-0.2, 0) is 9.53 Å². The summed E-state index contributed by atoms with van der Waals surface area (Å²) in [5.74, 6) is -0.239. The van der Waals surface area contributed by atoms with Crippen LogP contribution in [0.4, 0.5) is 5.69 Å². The molecule has 1 aliphatic heterocycles. The van der Waals surface area contributed by atoms with Gasteiger partial charge in [-0.05, 0) is 46.9 Å². The summed E-state index contributed by atoms with van der Waals surface area (Å²) in [5.41, 5.74) is 0.928. The fourth-order valence-corrected chi connectivity index (χ4v) is 2.28. The molecule has 0 aliphatic carbocycles. The van der Waals surface area contributed by atoms with Crippen LogP contribution in [0.5, 0.6) is 0 Å². The van der Waals surface area contributed by atoms with Gasteiger partial charge < -0.3 is 15.4 Å². The van der Waals surface area contributed by atoms with Gasteiger partial charge in [0.2, 0.25) is 0 Å². The molecule has 1 atom stereocenters. The van der Waals surface area contributed by atoms with Crippen molar-refractivity contribution in [2.24, 2.45) is 0 Å². The van der Waals surface area contributed by atoms with Crippen molar-refractivity contribution in [3.8, 4) is 0 Å². The second-order valence-electron chi connectivity index (χ2n) is 3.59. The van der Waals surface area contributed by atoms with E-state index in [1.54, 1.807) is 0 Å². The lowest BCUT2D eigenvalue weighted by Gasteiger charge is -2.14. The molecule has 1 heterocycles. The Morgan fingerprint density at radius 3 is 2.88 bits per heavy atom. The number of carbonyl (C=O) groups excluding carboxylic acids is 1. The number of hydrogen-bond donors (Lipinski definition) is 2. The zero-order valence-corrected chi connectivity index (χ0v) is 11.9. The van der Waals surface area contributed by atoms with Crippen molar-refractivity contribution in [2.75, 3.05) is 11.9 Å². The molecular weight excluding hydrogens is 351 g/mol. The van der Waals surface area contributed by atoms with Gasteiger partial charge in [-0.15, -0.1) is 0 Å². The first-order valence-electron chi connectivity index (χ1n) is 5.15. The molecule has 0 spiro atoms. The summed E-state index contributed by atoms with van der Waals surface area (Å²) in [5, 5.41) is 6.45. The third kappa shape index (κ3) is 3.29. The number of halogens is 1. The minimum atomic E-state index is -0.323. The van der Waals surface area contributed by atoms with Gasteiger partial charge in [0.1, 0.15) is 6.04 Å². The number of hydrogen-bond acceptors (Lipinski definition) is 3. The molecule has 0 saturated carbocycles. The molecule has 2 N–H and O–H groups in total. The first-order valence-corrected chi connectivity index (χ1v) is 6.64. The predicted octanol–water partition coefficient (Wildman–Crippen LogP) is 1.89. The third-order valence-electron chi connectivity index (χ3n) is 2.36. The second kappa shape index (κ2) is 5.63. The Balaban J connectivity index is 1.93. The minimum Gasteiger partial charge on any atom is -0.464 e. The topological polar surface area (TPSA) is 50.4 Å². The number of rotatable bonds is 2. The quantitative estimate of drug-likeness (QED) is 0.478. The highest BCUT2D eigenvalue weighted by Gasteiger charge is 2.26. The molecule has 0 aromatic heterocycles. The van der Waals surface area contributed by atoms with Crippen LogP contribution in [0, 0.1) is 3.57 Å². The molecule has 1 aromatic carbocycles. The molecule has 6 heteroatoms. The average molecular weight is 362 g/mol. The van der Waals surface area contributed by atoms with Crippen molar-refractivity contribution >= 4 is 51.6 Å². The van der Waals surface area contributed by atoms with Gasteiger partial charge in [0, 0.05) is 9.99 Å². The molecule has 1 fully saturated rings. The number of ether oxygens (including phenoxy) is 1. The van der Waals surface area contributed by atoms with Crippen molar-refractivity contribution in [2.45, 2.75) is 12.5 Å². The maximum absolute atomic E-state index is 11.3. The molecule has 0 bridgehead atoms. The number of para-hydroxylation sites is 1. The van der Waals surface area contributed by atoms with Gasteiger partial charge in [-0.2, -0.15) is 0 Å². The molecule has 90 valence electrons. The van der Waals surface area contributed by atoms with Crippen LogP contribution in [0.25, 0.3) is 0 Å². The highest BCUT2D eigenvalue weighted by atomic mass is 127. The van der Waals surface area contributed by atoms with Crippen LogP contribution in [-0.4, -0.2) is 23.7 Å². The number of carbonyl (C=O) groups is 1. The summed E-state index contributed by atoms with van der Waals surface area (Å²) in [7, 11) is 0. The van der Waals surface area contributed by atoms with Crippen LogP contribution in [0.2, 0.25) is 0 Å². The summed E-state index contributed by atoms with van der Waals surface area (Å²) < 4.78 is 5.92. The van der Waals surface area contributed by atoms with Gasteiger partial charge in [0.15, 0.2) is 5.11 Å². The molecule has 0 radical (unpaired) electrons.